The SMILES string of the molecule is [N-]=[N+]=N[C@]1(COP(=O)(O)OP(=O)(O)OP(=O)(O)O)O[C@@H](c2ccc3c(N)nc(F)nn23)[C@H](F)[C@@H]1O. The maximum atomic E-state index is 15.0. The number of hydrogen-bond donors (Lipinski definition) is 6. The van der Waals surface area contributed by atoms with Crippen molar-refractivity contribution in [3.05, 3.63) is 34.3 Å². The first-order valence-corrected chi connectivity index (χ1v) is 13.2. The summed E-state index contributed by atoms with van der Waals surface area (Å²) >= 11 is 0. The average Bonchev–Trinajstić information content (AvgIpc) is 3.19. The lowest BCUT2D eigenvalue weighted by atomic mass is 10.0. The molecule has 0 aliphatic carbocycles. The molecule has 1 aliphatic heterocycles. The molecule has 0 spiro atoms. The van der Waals surface area contributed by atoms with Crippen LogP contribution < -0.4 is 5.73 Å². The van der Waals surface area contributed by atoms with Crippen molar-refractivity contribution in [1.82, 2.24) is 14.6 Å². The summed E-state index contributed by atoms with van der Waals surface area (Å²) in [6, 6.07) is 2.39. The second-order valence-corrected chi connectivity index (χ2v) is 11.1. The van der Waals surface area contributed by atoms with E-state index in [0.29, 0.717) is 0 Å². The molecule has 35 heavy (non-hydrogen) atoms. The summed E-state index contributed by atoms with van der Waals surface area (Å²) < 4.78 is 80.1. The Morgan fingerprint density at radius 1 is 1.26 bits per heavy atom. The number of ether oxygens (including phenoxy) is 1. The van der Waals surface area contributed by atoms with Crippen LogP contribution in [0.3, 0.4) is 0 Å². The number of hydrogen-bond acceptors (Lipinski definition) is 12. The second kappa shape index (κ2) is 9.42. The quantitative estimate of drug-likeness (QED) is 0.104. The number of halogens is 2. The predicted octanol–water partition coefficient (Wildman–Crippen LogP) is 0.571. The Morgan fingerprint density at radius 3 is 2.51 bits per heavy atom. The molecular formula is C11H14F2N7O12P3. The Labute approximate surface area is 191 Å². The van der Waals surface area contributed by atoms with Crippen molar-refractivity contribution in [3.63, 3.8) is 0 Å². The van der Waals surface area contributed by atoms with Crippen molar-refractivity contribution in [2.45, 2.75) is 24.1 Å². The summed E-state index contributed by atoms with van der Waals surface area (Å²) in [7, 11) is -17.3. The van der Waals surface area contributed by atoms with Crippen LogP contribution >= 0.6 is 23.5 Å². The molecule has 1 fully saturated rings. The highest BCUT2D eigenvalue weighted by atomic mass is 31.3. The Morgan fingerprint density at radius 2 is 1.91 bits per heavy atom. The minimum Gasteiger partial charge on any atom is -0.387 e. The third kappa shape index (κ3) is 6.02. The van der Waals surface area contributed by atoms with Gasteiger partial charge in [0.15, 0.2) is 17.7 Å². The van der Waals surface area contributed by atoms with E-state index in [1.807, 2.05) is 0 Å². The maximum absolute atomic E-state index is 15.0. The third-order valence-electron chi connectivity index (χ3n) is 4.28. The third-order valence-corrected chi connectivity index (χ3v) is 8.06. The van der Waals surface area contributed by atoms with Gasteiger partial charge >= 0.3 is 29.5 Å². The lowest BCUT2D eigenvalue weighted by Gasteiger charge is -2.27. The van der Waals surface area contributed by atoms with E-state index >= 15 is 4.39 Å². The van der Waals surface area contributed by atoms with Gasteiger partial charge in [-0.05, 0) is 17.7 Å². The number of alkyl halides is 1. The molecule has 0 amide bonds. The number of nitrogen functional groups attached to an aromatic ring is 1. The Kier molecular flexibility index (Phi) is 7.40. The zero-order valence-corrected chi connectivity index (χ0v) is 19.2. The normalized spacial score (nSPS) is 28.4. The van der Waals surface area contributed by atoms with Gasteiger partial charge in [0.2, 0.25) is 0 Å². The molecule has 1 saturated heterocycles. The standard InChI is InChI=1S/C11H14F2N7O12P3/c12-6-7(4-1-2-5-9(14)16-10(13)17-20(4)5)30-11(8(6)21,18-19-15)3-29-34(25,26)32-35(27,28)31-33(22,23)24/h1-2,6-8,21H,3H2,(H,25,26)(H,27,28)(H2,14,16,17)(H2,22,23,24)/t6-,7-,8-,11+/m0/s1. The first kappa shape index (κ1) is 27.5. The van der Waals surface area contributed by atoms with E-state index in [1.54, 1.807) is 0 Å². The lowest BCUT2D eigenvalue weighted by Crippen LogP contribution is -2.44. The van der Waals surface area contributed by atoms with Crippen molar-refractivity contribution in [2.75, 3.05) is 12.3 Å². The number of fused-ring (bicyclic) bond motifs is 1. The molecule has 7 N–H and O–H groups in total. The molecule has 24 heteroatoms. The number of azide groups is 1. The Hall–Kier alpha value is -2.08. The van der Waals surface area contributed by atoms with Gasteiger partial charge in [0.25, 0.3) is 0 Å². The minimum absolute atomic E-state index is 0.00115. The van der Waals surface area contributed by atoms with Crippen LogP contribution in [-0.2, 0) is 31.6 Å². The molecule has 6 atom stereocenters. The van der Waals surface area contributed by atoms with E-state index in [9.17, 15) is 33.0 Å². The first-order chi connectivity index (χ1) is 16.0. The van der Waals surface area contributed by atoms with E-state index in [-0.39, 0.29) is 17.0 Å². The predicted molar refractivity (Wildman–Crippen MR) is 104 cm³/mol. The number of nitrogens with zero attached hydrogens (tertiary/aromatic N) is 6. The van der Waals surface area contributed by atoms with Crippen LogP contribution in [0, 0.1) is 6.08 Å². The van der Waals surface area contributed by atoms with Gasteiger partial charge in [-0.15, -0.1) is 5.10 Å². The number of anilines is 1. The smallest absolute Gasteiger partial charge is 0.387 e. The maximum Gasteiger partial charge on any atom is 0.490 e. The monoisotopic (exact) mass is 567 g/mol. The van der Waals surface area contributed by atoms with Crippen molar-refractivity contribution in [3.8, 4) is 0 Å². The van der Waals surface area contributed by atoms with Gasteiger partial charge in [0.1, 0.15) is 17.7 Å². The number of phosphoric ester groups is 1. The lowest BCUT2D eigenvalue weighted by molar-refractivity contribution is -0.106. The molecular weight excluding hydrogens is 553 g/mol. The molecule has 194 valence electrons. The average molecular weight is 567 g/mol. The highest BCUT2D eigenvalue weighted by Crippen LogP contribution is 2.66. The molecule has 2 aromatic heterocycles. The molecule has 1 aliphatic rings. The van der Waals surface area contributed by atoms with E-state index < -0.39 is 60.3 Å². The van der Waals surface area contributed by atoms with Gasteiger partial charge in [0, 0.05) is 4.91 Å². The van der Waals surface area contributed by atoms with Gasteiger partial charge in [0.05, 0.1) is 12.3 Å². The highest BCUT2D eigenvalue weighted by Gasteiger charge is 2.57. The van der Waals surface area contributed by atoms with Gasteiger partial charge < -0.3 is 35.2 Å². The highest BCUT2D eigenvalue weighted by molar-refractivity contribution is 7.66. The number of rotatable bonds is 9. The Bertz CT molecular complexity index is 1330. The summed E-state index contributed by atoms with van der Waals surface area (Å²) in [4.78, 5) is 41.5. The number of phosphoric acid groups is 3. The molecule has 3 heterocycles. The summed E-state index contributed by atoms with van der Waals surface area (Å²) in [5.74, 6) is -0.341. The molecule has 0 bridgehead atoms. The number of aliphatic hydroxyl groups excluding tert-OH is 1. The van der Waals surface area contributed by atoms with Crippen LogP contribution in [0.1, 0.15) is 11.8 Å². The number of nitrogens with two attached hydrogens (primary N) is 1. The molecule has 0 radical (unpaired) electrons. The van der Waals surface area contributed by atoms with E-state index in [4.69, 9.17) is 25.8 Å². The largest absolute Gasteiger partial charge is 0.490 e. The fourth-order valence-corrected chi connectivity index (χ4v) is 6.05. The van der Waals surface area contributed by atoms with Gasteiger partial charge in [-0.25, -0.2) is 22.6 Å². The topological polar surface area (TPSA) is 294 Å². The number of aromatic nitrogens is 3. The van der Waals surface area contributed by atoms with Crippen LogP contribution in [0.25, 0.3) is 16.0 Å². The molecule has 2 aromatic rings. The van der Waals surface area contributed by atoms with Crippen LogP contribution in [-0.4, -0.2) is 63.9 Å². The Balaban J connectivity index is 1.88. The molecule has 19 nitrogen and oxygen atoms in total. The summed E-state index contributed by atoms with van der Waals surface area (Å²) in [6.45, 7) is -1.51. The molecule has 3 rings (SSSR count). The first-order valence-electron chi connectivity index (χ1n) is 8.64. The number of aliphatic hydroxyl groups is 1. The van der Waals surface area contributed by atoms with Crippen LogP contribution in [0.2, 0.25) is 0 Å². The van der Waals surface area contributed by atoms with Crippen LogP contribution in [0.5, 0.6) is 0 Å². The van der Waals surface area contributed by atoms with E-state index in [1.165, 1.54) is 6.07 Å². The summed E-state index contributed by atoms with van der Waals surface area (Å²) in [6.07, 6.45) is -8.04. The van der Waals surface area contributed by atoms with Gasteiger partial charge in [-0.2, -0.15) is 18.0 Å². The van der Waals surface area contributed by atoms with E-state index in [0.717, 1.165) is 10.6 Å². The van der Waals surface area contributed by atoms with Crippen LogP contribution in [0.15, 0.2) is 17.2 Å². The zero-order valence-electron chi connectivity index (χ0n) is 16.5. The summed E-state index contributed by atoms with van der Waals surface area (Å²) in [5.41, 5.74) is 11.3. The fraction of sp³-hybridized carbons (Fsp3) is 0.455. The zero-order chi connectivity index (χ0) is 26.4. The van der Waals surface area contributed by atoms with Gasteiger partial charge in [-0.3, -0.25) is 4.52 Å². The van der Waals surface area contributed by atoms with Crippen LogP contribution in [0.4, 0.5) is 14.6 Å². The molecule has 0 aromatic carbocycles. The van der Waals surface area contributed by atoms with Crippen molar-refractivity contribution < 1.29 is 65.0 Å². The van der Waals surface area contributed by atoms with Crippen molar-refractivity contribution in [2.24, 2.45) is 5.11 Å². The van der Waals surface area contributed by atoms with Crippen molar-refractivity contribution in [1.29, 1.82) is 0 Å². The van der Waals surface area contributed by atoms with Crippen molar-refractivity contribution >= 4 is 34.8 Å². The molecule has 2 unspecified atom stereocenters. The minimum atomic E-state index is -5.90. The fourth-order valence-electron chi connectivity index (χ4n) is 3.00. The summed E-state index contributed by atoms with van der Waals surface area (Å²) in [5, 5.41) is 16.8. The molecule has 0 saturated carbocycles. The second-order valence-electron chi connectivity index (χ2n) is 6.65. The van der Waals surface area contributed by atoms with E-state index in [2.05, 4.69) is 33.3 Å². The van der Waals surface area contributed by atoms with Gasteiger partial charge in [-0.1, -0.05) is 5.11 Å².